The molecule has 3 nitrogen and oxygen atoms in total. The van der Waals surface area contributed by atoms with Crippen molar-refractivity contribution < 1.29 is 14.3 Å². The van der Waals surface area contributed by atoms with Crippen molar-refractivity contribution in [3.05, 3.63) is 59.2 Å². The van der Waals surface area contributed by atoms with E-state index in [1.54, 1.807) is 13.2 Å². The first kappa shape index (κ1) is 16.1. The predicted octanol–water partition coefficient (Wildman–Crippen LogP) is 4.10. The summed E-state index contributed by atoms with van der Waals surface area (Å²) in [7, 11) is 1.58. The van der Waals surface area contributed by atoms with Gasteiger partial charge in [-0.25, -0.2) is 0 Å². The molecule has 0 saturated carbocycles. The van der Waals surface area contributed by atoms with Crippen molar-refractivity contribution in [3.63, 3.8) is 0 Å². The molecule has 22 heavy (non-hydrogen) atoms. The summed E-state index contributed by atoms with van der Waals surface area (Å²) >= 11 is 0. The Morgan fingerprint density at radius 2 is 1.86 bits per heavy atom. The Kier molecular flexibility index (Phi) is 5.59. The minimum absolute atomic E-state index is 0.245. The minimum atomic E-state index is -0.245. The number of carbonyl (C=O) groups excluding carboxylic acids is 1. The summed E-state index contributed by atoms with van der Waals surface area (Å²) in [6, 6.07) is 13.7. The first-order chi connectivity index (χ1) is 10.6. The average Bonchev–Trinajstić information content (AvgIpc) is 2.54. The van der Waals surface area contributed by atoms with Crippen molar-refractivity contribution in [2.75, 3.05) is 7.11 Å². The van der Waals surface area contributed by atoms with Gasteiger partial charge in [-0.15, -0.1) is 0 Å². The van der Waals surface area contributed by atoms with Crippen LogP contribution in [0, 0.1) is 6.92 Å². The third-order valence-electron chi connectivity index (χ3n) is 3.72. The fourth-order valence-corrected chi connectivity index (χ4v) is 2.32. The van der Waals surface area contributed by atoms with Crippen LogP contribution in [0.3, 0.4) is 0 Å². The summed E-state index contributed by atoms with van der Waals surface area (Å²) in [5.41, 5.74) is 3.52. The highest BCUT2D eigenvalue weighted by atomic mass is 16.6. The number of benzene rings is 2. The second kappa shape index (κ2) is 7.64. The van der Waals surface area contributed by atoms with Gasteiger partial charge in [0.2, 0.25) is 0 Å². The first-order valence-corrected chi connectivity index (χ1v) is 7.56. The lowest BCUT2D eigenvalue weighted by Gasteiger charge is -2.11. The maximum Gasteiger partial charge on any atom is 0.311 e. The lowest BCUT2D eigenvalue weighted by atomic mass is 10.0. The lowest BCUT2D eigenvalue weighted by Crippen LogP contribution is -2.10. The molecule has 0 spiro atoms. The first-order valence-electron chi connectivity index (χ1n) is 7.56. The Labute approximate surface area is 131 Å². The van der Waals surface area contributed by atoms with Gasteiger partial charge < -0.3 is 9.47 Å². The smallest absolute Gasteiger partial charge is 0.311 e. The topological polar surface area (TPSA) is 35.5 Å². The lowest BCUT2D eigenvalue weighted by molar-refractivity contribution is -0.134. The highest BCUT2D eigenvalue weighted by Crippen LogP contribution is 2.28. The van der Waals surface area contributed by atoms with Gasteiger partial charge >= 0.3 is 5.97 Å². The summed E-state index contributed by atoms with van der Waals surface area (Å²) in [4.78, 5) is 12.0. The molecule has 0 atom stereocenters. The van der Waals surface area contributed by atoms with Crippen molar-refractivity contribution in [1.29, 1.82) is 0 Å². The molecule has 2 aromatic carbocycles. The highest BCUT2D eigenvalue weighted by Gasteiger charge is 2.11. The third-order valence-corrected chi connectivity index (χ3v) is 3.72. The Morgan fingerprint density at radius 3 is 2.55 bits per heavy atom. The van der Waals surface area contributed by atoms with Crippen LogP contribution in [-0.4, -0.2) is 13.1 Å². The number of aryl methyl sites for hydroxylation is 3. The summed E-state index contributed by atoms with van der Waals surface area (Å²) in [5.74, 6) is 0.837. The van der Waals surface area contributed by atoms with Crippen molar-refractivity contribution in [3.8, 4) is 11.5 Å². The quantitative estimate of drug-likeness (QED) is 0.595. The Morgan fingerprint density at radius 1 is 1.09 bits per heavy atom. The number of hydrogen-bond donors (Lipinski definition) is 0. The van der Waals surface area contributed by atoms with Crippen molar-refractivity contribution in [2.45, 2.75) is 33.1 Å². The number of esters is 1. The molecule has 2 aromatic rings. The van der Waals surface area contributed by atoms with Crippen molar-refractivity contribution in [2.24, 2.45) is 0 Å². The Bertz CT molecular complexity index is 647. The molecule has 0 aliphatic heterocycles. The van der Waals surface area contributed by atoms with E-state index in [1.807, 2.05) is 43.3 Å². The molecular weight excluding hydrogens is 276 g/mol. The zero-order valence-corrected chi connectivity index (χ0v) is 13.4. The zero-order valence-electron chi connectivity index (χ0n) is 13.4. The van der Waals surface area contributed by atoms with E-state index in [1.165, 1.54) is 11.1 Å². The van der Waals surface area contributed by atoms with E-state index in [9.17, 15) is 4.79 Å². The molecule has 0 saturated heterocycles. The van der Waals surface area contributed by atoms with Gasteiger partial charge in [-0.1, -0.05) is 37.3 Å². The van der Waals surface area contributed by atoms with Gasteiger partial charge in [-0.05, 0) is 48.6 Å². The van der Waals surface area contributed by atoms with Crippen LogP contribution in [-0.2, 0) is 17.6 Å². The average molecular weight is 298 g/mol. The molecule has 2 rings (SSSR count). The van der Waals surface area contributed by atoms with Crippen LogP contribution in [0.4, 0.5) is 0 Å². The number of methoxy groups -OCH3 is 1. The van der Waals surface area contributed by atoms with E-state index in [2.05, 4.69) is 6.92 Å². The third kappa shape index (κ3) is 4.10. The van der Waals surface area contributed by atoms with Gasteiger partial charge in [0.1, 0.15) is 0 Å². The number of carbonyl (C=O) groups is 1. The van der Waals surface area contributed by atoms with Gasteiger partial charge in [0.15, 0.2) is 11.5 Å². The summed E-state index contributed by atoms with van der Waals surface area (Å²) in [6.07, 6.45) is 1.95. The molecule has 0 unspecified atom stereocenters. The van der Waals surface area contributed by atoms with Crippen LogP contribution in [0.25, 0.3) is 0 Å². The van der Waals surface area contributed by atoms with E-state index in [0.717, 1.165) is 12.0 Å². The number of hydrogen-bond acceptors (Lipinski definition) is 3. The van der Waals surface area contributed by atoms with E-state index < -0.39 is 0 Å². The fourth-order valence-electron chi connectivity index (χ4n) is 2.32. The molecule has 0 amide bonds. The van der Waals surface area contributed by atoms with Crippen LogP contribution in [0.2, 0.25) is 0 Å². The molecule has 0 N–H and O–H groups in total. The van der Waals surface area contributed by atoms with Gasteiger partial charge in [-0.3, -0.25) is 4.79 Å². The second-order valence-electron chi connectivity index (χ2n) is 5.24. The minimum Gasteiger partial charge on any atom is -0.493 e. The molecular formula is C19H22O3. The van der Waals surface area contributed by atoms with Crippen LogP contribution in [0.1, 0.15) is 30.0 Å². The molecule has 0 fully saturated rings. The van der Waals surface area contributed by atoms with Crippen LogP contribution < -0.4 is 9.47 Å². The molecule has 0 bridgehead atoms. The zero-order chi connectivity index (χ0) is 15.9. The van der Waals surface area contributed by atoms with E-state index in [0.29, 0.717) is 24.3 Å². The molecule has 3 heteroatoms. The van der Waals surface area contributed by atoms with Gasteiger partial charge in [0, 0.05) is 6.42 Å². The largest absolute Gasteiger partial charge is 0.493 e. The standard InChI is InChI=1S/C19H22O3/c1-4-15-9-11-17(18(13-15)21-3)22-19(20)12-10-16-8-6-5-7-14(16)2/h5-9,11,13H,4,10,12H2,1-3H3. The molecule has 0 aliphatic carbocycles. The molecule has 0 heterocycles. The monoisotopic (exact) mass is 298 g/mol. The van der Waals surface area contributed by atoms with E-state index in [4.69, 9.17) is 9.47 Å². The van der Waals surface area contributed by atoms with E-state index >= 15 is 0 Å². The predicted molar refractivity (Wildman–Crippen MR) is 87.5 cm³/mol. The van der Waals surface area contributed by atoms with Gasteiger partial charge in [0.05, 0.1) is 7.11 Å². The summed E-state index contributed by atoms with van der Waals surface area (Å²) < 4.78 is 10.7. The second-order valence-corrected chi connectivity index (χ2v) is 5.24. The maximum absolute atomic E-state index is 12.0. The molecule has 116 valence electrons. The van der Waals surface area contributed by atoms with Crippen LogP contribution in [0.15, 0.2) is 42.5 Å². The van der Waals surface area contributed by atoms with Crippen LogP contribution >= 0.6 is 0 Å². The fraction of sp³-hybridized carbons (Fsp3) is 0.316. The van der Waals surface area contributed by atoms with E-state index in [-0.39, 0.29) is 5.97 Å². The molecule has 0 aromatic heterocycles. The summed E-state index contributed by atoms with van der Waals surface area (Å²) in [6.45, 7) is 4.12. The van der Waals surface area contributed by atoms with Gasteiger partial charge in [0.25, 0.3) is 0 Å². The molecule has 0 aliphatic rings. The maximum atomic E-state index is 12.0. The van der Waals surface area contributed by atoms with Crippen molar-refractivity contribution >= 4 is 5.97 Å². The number of rotatable bonds is 6. The number of ether oxygens (including phenoxy) is 2. The highest BCUT2D eigenvalue weighted by molar-refractivity contribution is 5.73. The van der Waals surface area contributed by atoms with Crippen molar-refractivity contribution in [1.82, 2.24) is 0 Å². The normalized spacial score (nSPS) is 10.3. The van der Waals surface area contributed by atoms with Crippen LogP contribution in [0.5, 0.6) is 11.5 Å². The van der Waals surface area contributed by atoms with Gasteiger partial charge in [-0.2, -0.15) is 0 Å². The Hall–Kier alpha value is -2.29. The SMILES string of the molecule is CCc1ccc(OC(=O)CCc2ccccc2C)c(OC)c1. The summed E-state index contributed by atoms with van der Waals surface area (Å²) in [5, 5.41) is 0. The Balaban J connectivity index is 1.99. The molecule has 0 radical (unpaired) electrons.